The molecular weight excluding hydrogens is 949 g/mol. The van der Waals surface area contributed by atoms with Crippen LogP contribution in [0.25, 0.3) is 44.7 Å². The van der Waals surface area contributed by atoms with Gasteiger partial charge in [0.15, 0.2) is 0 Å². The Kier molecular flexibility index (Phi) is 21.4. The van der Waals surface area contributed by atoms with E-state index in [-0.39, 0.29) is 54.7 Å². The highest BCUT2D eigenvalue weighted by molar-refractivity contribution is 7.00. The lowest BCUT2D eigenvalue weighted by Gasteiger charge is -2.37. The minimum absolute atomic E-state index is 0.0268. The number of methoxy groups -OCH3 is 2. The summed E-state index contributed by atoms with van der Waals surface area (Å²) in [7, 11) is 2.60. The van der Waals surface area contributed by atoms with E-state index in [1.165, 1.54) is 14.2 Å². The minimum Gasteiger partial charge on any atom is -0.453 e. The summed E-state index contributed by atoms with van der Waals surface area (Å²) in [6, 6.07) is 10.6. The summed E-state index contributed by atoms with van der Waals surface area (Å²) in [6.07, 6.45) is 20.9. The van der Waals surface area contributed by atoms with E-state index >= 15 is 0 Å². The van der Waals surface area contributed by atoms with Crippen molar-refractivity contribution in [2.75, 3.05) is 40.6 Å². The molecule has 1 aliphatic carbocycles. The van der Waals surface area contributed by atoms with Crippen LogP contribution in [0.4, 0.5) is 9.59 Å². The van der Waals surface area contributed by atoms with Crippen LogP contribution in [-0.2, 0) is 41.6 Å². The van der Waals surface area contributed by atoms with Gasteiger partial charge in [0, 0.05) is 49.6 Å². The Labute approximate surface area is 433 Å². The predicted octanol–water partition coefficient (Wildman–Crippen LogP) is 8.32. The highest BCUT2D eigenvalue weighted by atomic mass is 32.1. The number of H-pyrrole nitrogens is 2. The fourth-order valence-corrected chi connectivity index (χ4v) is 10.1. The Morgan fingerprint density at radius 3 is 1.64 bits per heavy atom. The van der Waals surface area contributed by atoms with Crippen molar-refractivity contribution in [1.29, 1.82) is 0 Å². The molecule has 6 atom stereocenters. The standard InChI is InChI=1S/C48H62N10O8S.C2H6.2C2H2/c1-26(2)29(5)57(45(59)40(53-47(61)63-6)32-14-18-65-19-15-32)24-38-50-23-37(52-38)35-13-12-34(42-43(35)56-67-55-42)30-8-10-31(11-9-30)36-22-49-39(51-36)25-58(44-27(3)28(44)4)46(60)41(54-48(62)64-7)33-16-20-66-21-17-33;3*1-2/h8-13,22-23,26-29,32-33,40-41,44H,14-21,24-25H2,1-7H3,(H,49,51)(H,50,52)(H,53,61)(H,54,62);1-2H3;2*1-2H/t27-,28?,29-,40?,41?,44?;;;/m1.../s1. The normalized spacial score (nSPS) is 18.7. The smallest absolute Gasteiger partial charge is 0.407 e. The minimum atomic E-state index is -0.765. The van der Waals surface area contributed by atoms with E-state index < -0.39 is 24.3 Å². The van der Waals surface area contributed by atoms with Crippen LogP contribution < -0.4 is 10.6 Å². The summed E-state index contributed by atoms with van der Waals surface area (Å²) in [4.78, 5) is 73.6. The number of amides is 4. The number of aromatic amines is 2. The van der Waals surface area contributed by atoms with E-state index in [0.29, 0.717) is 75.6 Å². The van der Waals surface area contributed by atoms with Gasteiger partial charge in [0.1, 0.15) is 34.8 Å². The van der Waals surface area contributed by atoms with Gasteiger partial charge in [-0.05, 0) is 79.4 Å². The molecule has 4 N–H and O–H groups in total. The Balaban J connectivity index is 0.00000159. The molecular formula is C54H72N10O8S. The quantitative estimate of drug-likeness (QED) is 0.0686. The molecule has 18 nitrogen and oxygen atoms in total. The summed E-state index contributed by atoms with van der Waals surface area (Å²) in [5.74, 6) is 1.55. The van der Waals surface area contributed by atoms with Crippen LogP contribution in [0.15, 0.2) is 48.8 Å². The van der Waals surface area contributed by atoms with E-state index in [1.807, 2.05) is 62.1 Å². The van der Waals surface area contributed by atoms with E-state index in [0.717, 1.165) is 56.4 Å². The Hall–Kier alpha value is -6.80. The molecule has 3 aromatic heterocycles. The first-order chi connectivity index (χ1) is 35.4. The molecule has 5 heterocycles. The largest absolute Gasteiger partial charge is 0.453 e. The zero-order valence-corrected chi connectivity index (χ0v) is 44.4. The van der Waals surface area contributed by atoms with Crippen molar-refractivity contribution in [1.82, 2.24) is 49.1 Å². The fraction of sp³-hybridized carbons (Fsp3) is 0.519. The fourth-order valence-electron chi connectivity index (χ4n) is 9.54. The molecule has 19 heteroatoms. The third kappa shape index (κ3) is 13.6. The van der Waals surface area contributed by atoms with Gasteiger partial charge >= 0.3 is 12.2 Å². The Bertz CT molecular complexity index is 2600. The molecule has 1 saturated carbocycles. The Morgan fingerprint density at radius 1 is 0.685 bits per heavy atom. The van der Waals surface area contributed by atoms with E-state index in [9.17, 15) is 19.2 Å². The second kappa shape index (κ2) is 27.3. The van der Waals surface area contributed by atoms with Gasteiger partial charge in [0.05, 0.1) is 62.8 Å². The van der Waals surface area contributed by atoms with E-state index in [2.05, 4.69) is 74.0 Å². The Morgan fingerprint density at radius 2 is 1.14 bits per heavy atom. The van der Waals surface area contributed by atoms with Crippen LogP contribution in [0.3, 0.4) is 0 Å². The molecule has 2 aromatic carbocycles. The molecule has 2 aliphatic heterocycles. The first-order valence-corrected chi connectivity index (χ1v) is 25.7. The van der Waals surface area contributed by atoms with Crippen LogP contribution >= 0.6 is 11.7 Å². The van der Waals surface area contributed by atoms with Crippen LogP contribution in [0.1, 0.15) is 85.8 Å². The first kappa shape index (κ1) is 57.1. The number of alkyl carbamates (subject to hydrolysis) is 2. The number of imidazole rings is 2. The maximum absolute atomic E-state index is 14.4. The molecule has 2 saturated heterocycles. The van der Waals surface area contributed by atoms with E-state index in [4.69, 9.17) is 37.7 Å². The highest BCUT2D eigenvalue weighted by Crippen LogP contribution is 2.44. The number of benzene rings is 2. The van der Waals surface area contributed by atoms with Crippen molar-refractivity contribution in [3.63, 3.8) is 0 Å². The second-order valence-corrected chi connectivity index (χ2v) is 19.0. The zero-order chi connectivity index (χ0) is 53.4. The number of fused-ring (bicyclic) bond motifs is 1. The average Bonchev–Trinajstić information content (AvgIpc) is 4.02. The van der Waals surface area contributed by atoms with E-state index in [1.54, 1.807) is 17.3 Å². The third-order valence-corrected chi connectivity index (χ3v) is 14.7. The molecule has 0 bridgehead atoms. The van der Waals surface area contributed by atoms with Crippen LogP contribution in [0, 0.1) is 55.3 Å². The van der Waals surface area contributed by atoms with Crippen molar-refractivity contribution >= 4 is 46.8 Å². The second-order valence-electron chi connectivity index (χ2n) is 18.4. The van der Waals surface area contributed by atoms with Crippen LogP contribution in [0.5, 0.6) is 0 Å². The first-order valence-electron chi connectivity index (χ1n) is 24.9. The number of terminal acetylenes is 2. The molecule has 0 radical (unpaired) electrons. The molecule has 392 valence electrons. The predicted molar refractivity (Wildman–Crippen MR) is 282 cm³/mol. The monoisotopic (exact) mass is 1020 g/mol. The summed E-state index contributed by atoms with van der Waals surface area (Å²) in [5, 5.41) is 5.67. The van der Waals surface area contributed by atoms with Crippen molar-refractivity contribution in [2.45, 2.75) is 111 Å². The maximum atomic E-state index is 14.4. The average molecular weight is 1020 g/mol. The van der Waals surface area contributed by atoms with Gasteiger partial charge in [-0.3, -0.25) is 9.59 Å². The van der Waals surface area contributed by atoms with Gasteiger partial charge in [0.25, 0.3) is 0 Å². The van der Waals surface area contributed by atoms with Gasteiger partial charge < -0.3 is 49.3 Å². The number of nitrogens with zero attached hydrogens (tertiary/aromatic N) is 6. The van der Waals surface area contributed by atoms with Gasteiger partial charge in [-0.2, -0.15) is 8.75 Å². The number of hydrogen-bond acceptors (Lipinski definition) is 13. The lowest BCUT2D eigenvalue weighted by Crippen LogP contribution is -2.55. The highest BCUT2D eigenvalue weighted by Gasteiger charge is 2.51. The van der Waals surface area contributed by atoms with Crippen molar-refractivity contribution in [2.24, 2.45) is 29.6 Å². The van der Waals surface area contributed by atoms with Gasteiger partial charge in [0.2, 0.25) is 11.8 Å². The lowest BCUT2D eigenvalue weighted by molar-refractivity contribution is -0.139. The molecule has 73 heavy (non-hydrogen) atoms. The summed E-state index contributed by atoms with van der Waals surface area (Å²) in [6.45, 7) is 17.1. The van der Waals surface area contributed by atoms with Crippen molar-refractivity contribution in [3.05, 3.63) is 60.4 Å². The van der Waals surface area contributed by atoms with Crippen molar-refractivity contribution in [3.8, 4) is 59.3 Å². The number of aromatic nitrogens is 6. The third-order valence-electron chi connectivity index (χ3n) is 14.2. The molecule has 8 rings (SSSR count). The van der Waals surface area contributed by atoms with Crippen LogP contribution in [-0.4, -0.2) is 127 Å². The number of carbonyl (C=O) groups is 4. The van der Waals surface area contributed by atoms with Gasteiger partial charge in [-0.15, -0.1) is 25.7 Å². The molecule has 5 aromatic rings. The topological polar surface area (TPSA) is 219 Å². The SMILES string of the molecule is C#C.C#C.CC.COC(=O)NC(C(=O)N(Cc1ncc(-c2ccc(-c3ccc(-c4cnc(CN(C(=O)C(NC(=O)OC)C5CCOCC5)[C@H](C)C(C)C)[nH]4)c4nsnc34)cc2)[nH]1)C1C(C)[C@H]1C)C1CCOCC1. The van der Waals surface area contributed by atoms with Crippen molar-refractivity contribution < 1.29 is 38.1 Å². The maximum Gasteiger partial charge on any atom is 0.407 e. The number of carbonyl (C=O) groups excluding carboxylic acids is 4. The molecule has 4 unspecified atom stereocenters. The summed E-state index contributed by atoms with van der Waals surface area (Å²) >= 11 is 1.14. The number of ether oxygens (including phenoxy) is 4. The van der Waals surface area contributed by atoms with Gasteiger partial charge in [-0.1, -0.05) is 71.9 Å². The number of rotatable bonds is 16. The van der Waals surface area contributed by atoms with Crippen LogP contribution in [0.2, 0.25) is 0 Å². The molecule has 0 spiro atoms. The number of hydrogen-bond donors (Lipinski definition) is 4. The molecule has 3 fully saturated rings. The number of nitrogens with one attached hydrogen (secondary N) is 4. The molecule has 4 amide bonds. The molecule has 3 aliphatic rings. The van der Waals surface area contributed by atoms with Gasteiger partial charge in [-0.25, -0.2) is 19.6 Å². The summed E-state index contributed by atoms with van der Waals surface area (Å²) < 4.78 is 30.4. The lowest BCUT2D eigenvalue weighted by atomic mass is 9.90. The summed E-state index contributed by atoms with van der Waals surface area (Å²) in [5.41, 5.74) is 6.67. The zero-order valence-electron chi connectivity index (χ0n) is 43.6.